The highest BCUT2D eigenvalue weighted by Gasteiger charge is 2.44. The third-order valence-corrected chi connectivity index (χ3v) is 7.36. The first-order valence-electron chi connectivity index (χ1n) is 11.1. The van der Waals surface area contributed by atoms with Gasteiger partial charge in [0, 0.05) is 34.8 Å². The Balaban J connectivity index is 1.61. The van der Waals surface area contributed by atoms with Gasteiger partial charge in [0.15, 0.2) is 5.11 Å². The molecule has 0 spiro atoms. The quantitative estimate of drug-likeness (QED) is 0.484. The first-order chi connectivity index (χ1) is 15.1. The van der Waals surface area contributed by atoms with Crippen LogP contribution in [-0.2, 0) is 0 Å². The van der Waals surface area contributed by atoms with Crippen LogP contribution < -0.4 is 5.32 Å². The molecule has 6 heteroatoms. The Bertz CT molecular complexity index is 1070. The maximum absolute atomic E-state index is 6.30. The molecular formula is C25H27ClN4S. The lowest BCUT2D eigenvalue weighted by molar-refractivity contribution is 0.193. The third kappa shape index (κ3) is 3.85. The Morgan fingerprint density at radius 1 is 1.06 bits per heavy atom. The number of nitrogens with zero attached hydrogens (tertiary/aromatic N) is 3. The zero-order valence-corrected chi connectivity index (χ0v) is 19.2. The number of halogens is 1. The van der Waals surface area contributed by atoms with Crippen molar-refractivity contribution in [2.75, 3.05) is 0 Å². The molecule has 3 aromatic rings. The molecule has 1 aromatic carbocycles. The second-order valence-corrected chi connectivity index (χ2v) is 9.36. The van der Waals surface area contributed by atoms with E-state index in [1.807, 2.05) is 25.3 Å². The van der Waals surface area contributed by atoms with Crippen molar-refractivity contribution in [2.24, 2.45) is 0 Å². The molecule has 31 heavy (non-hydrogen) atoms. The average Bonchev–Trinajstić information content (AvgIpc) is 3.41. The van der Waals surface area contributed by atoms with E-state index in [4.69, 9.17) is 23.8 Å². The summed E-state index contributed by atoms with van der Waals surface area (Å²) in [6.45, 7) is 2.05. The normalized spacial score (nSPS) is 22.0. The lowest BCUT2D eigenvalue weighted by Gasteiger charge is -2.37. The van der Waals surface area contributed by atoms with E-state index in [-0.39, 0.29) is 12.1 Å². The molecule has 0 bridgehead atoms. The van der Waals surface area contributed by atoms with Crippen molar-refractivity contribution in [1.29, 1.82) is 0 Å². The van der Waals surface area contributed by atoms with Crippen LogP contribution in [0.15, 0.2) is 60.9 Å². The minimum atomic E-state index is 0.0117. The maximum atomic E-state index is 6.30. The molecular weight excluding hydrogens is 424 g/mol. The molecule has 1 N–H and O–H groups in total. The SMILES string of the molecule is Cc1cc(-n2cccc2[C@@H]2[C@H](c3ccccn3)NC(=S)N2C2CCCCC2)ccc1Cl. The topological polar surface area (TPSA) is 33.1 Å². The van der Waals surface area contributed by atoms with E-state index < -0.39 is 0 Å². The van der Waals surface area contributed by atoms with E-state index in [9.17, 15) is 0 Å². The van der Waals surface area contributed by atoms with Crippen LogP contribution in [0.5, 0.6) is 0 Å². The predicted molar refractivity (Wildman–Crippen MR) is 130 cm³/mol. The number of thiocarbonyl (C=S) groups is 1. The monoisotopic (exact) mass is 450 g/mol. The van der Waals surface area contributed by atoms with Crippen molar-refractivity contribution in [3.8, 4) is 5.69 Å². The summed E-state index contributed by atoms with van der Waals surface area (Å²) in [6, 6.07) is 17.2. The lowest BCUT2D eigenvalue weighted by atomic mass is 9.92. The summed E-state index contributed by atoms with van der Waals surface area (Å²) >= 11 is 12.2. The lowest BCUT2D eigenvalue weighted by Crippen LogP contribution is -2.40. The van der Waals surface area contributed by atoms with Crippen molar-refractivity contribution < 1.29 is 0 Å². The van der Waals surface area contributed by atoms with E-state index in [0.717, 1.165) is 27.1 Å². The molecule has 5 rings (SSSR count). The fourth-order valence-corrected chi connectivity index (χ4v) is 5.59. The van der Waals surface area contributed by atoms with Crippen LogP contribution in [0, 0.1) is 6.92 Å². The van der Waals surface area contributed by atoms with Gasteiger partial charge in [0.05, 0.1) is 17.8 Å². The van der Waals surface area contributed by atoms with Gasteiger partial charge in [-0.1, -0.05) is 36.9 Å². The Hall–Kier alpha value is -2.37. The number of pyridine rings is 1. The summed E-state index contributed by atoms with van der Waals surface area (Å²) in [6.07, 6.45) is 10.2. The molecule has 0 radical (unpaired) electrons. The van der Waals surface area contributed by atoms with Crippen LogP contribution in [0.3, 0.4) is 0 Å². The van der Waals surface area contributed by atoms with Crippen LogP contribution in [0.4, 0.5) is 0 Å². The standard InChI is InChI=1S/C25H27ClN4S/c1-17-16-19(12-13-20(17)26)29-15-7-11-22(29)24-23(21-10-5-6-14-27-21)28-25(31)30(24)18-8-3-2-4-9-18/h5-7,10-16,18,23-24H,2-4,8-9H2,1H3,(H,28,31)/t23-,24+/m0/s1. The molecule has 160 valence electrons. The Kier molecular flexibility index (Phi) is 5.72. The average molecular weight is 451 g/mol. The number of hydrogen-bond acceptors (Lipinski definition) is 2. The van der Waals surface area contributed by atoms with Gasteiger partial charge in [0.1, 0.15) is 0 Å². The van der Waals surface area contributed by atoms with Gasteiger partial charge in [-0.15, -0.1) is 0 Å². The molecule has 1 saturated heterocycles. The van der Waals surface area contributed by atoms with Crippen molar-refractivity contribution in [2.45, 2.75) is 57.2 Å². The number of aromatic nitrogens is 2. The molecule has 1 aliphatic heterocycles. The number of benzene rings is 1. The number of nitrogens with one attached hydrogen (secondary N) is 1. The molecule has 3 heterocycles. The Morgan fingerprint density at radius 2 is 1.90 bits per heavy atom. The molecule has 2 atom stereocenters. The number of aryl methyl sites for hydroxylation is 1. The van der Waals surface area contributed by atoms with E-state index in [2.05, 4.69) is 62.4 Å². The molecule has 2 aliphatic rings. The highest BCUT2D eigenvalue weighted by Crippen LogP contribution is 2.43. The summed E-state index contributed by atoms with van der Waals surface area (Å²) in [5, 5.41) is 5.24. The summed E-state index contributed by atoms with van der Waals surface area (Å²) in [5.41, 5.74) is 4.43. The Labute approximate surface area is 194 Å². The molecule has 0 amide bonds. The third-order valence-electron chi connectivity index (χ3n) is 6.61. The maximum Gasteiger partial charge on any atom is 0.170 e. The van der Waals surface area contributed by atoms with Crippen LogP contribution in [0.25, 0.3) is 5.69 Å². The minimum Gasteiger partial charge on any atom is -0.352 e. The van der Waals surface area contributed by atoms with Gasteiger partial charge in [0.2, 0.25) is 0 Å². The largest absolute Gasteiger partial charge is 0.352 e. The summed E-state index contributed by atoms with van der Waals surface area (Å²) in [5.74, 6) is 0. The van der Waals surface area contributed by atoms with Crippen LogP contribution in [-0.4, -0.2) is 25.6 Å². The molecule has 2 aromatic heterocycles. The van der Waals surface area contributed by atoms with E-state index in [0.29, 0.717) is 6.04 Å². The van der Waals surface area contributed by atoms with Crippen molar-refractivity contribution in [3.05, 3.63) is 82.9 Å². The van der Waals surface area contributed by atoms with Gasteiger partial charge in [-0.3, -0.25) is 4.98 Å². The molecule has 1 aliphatic carbocycles. The summed E-state index contributed by atoms with van der Waals surface area (Å²) in [4.78, 5) is 7.15. The second-order valence-electron chi connectivity index (χ2n) is 8.56. The van der Waals surface area contributed by atoms with Crippen molar-refractivity contribution in [3.63, 3.8) is 0 Å². The summed E-state index contributed by atoms with van der Waals surface area (Å²) < 4.78 is 2.27. The zero-order valence-electron chi connectivity index (χ0n) is 17.7. The fourth-order valence-electron chi connectivity index (χ4n) is 5.08. The van der Waals surface area contributed by atoms with Crippen molar-refractivity contribution >= 4 is 28.9 Å². The van der Waals surface area contributed by atoms with E-state index in [1.165, 1.54) is 37.8 Å². The molecule has 2 fully saturated rings. The van der Waals surface area contributed by atoms with Crippen LogP contribution in [0.1, 0.15) is 61.1 Å². The van der Waals surface area contributed by atoms with Gasteiger partial charge in [-0.05, 0) is 80.0 Å². The second kappa shape index (κ2) is 8.64. The number of rotatable bonds is 4. The summed E-state index contributed by atoms with van der Waals surface area (Å²) in [7, 11) is 0. The minimum absolute atomic E-state index is 0.0117. The molecule has 0 unspecified atom stereocenters. The highest BCUT2D eigenvalue weighted by molar-refractivity contribution is 7.80. The van der Waals surface area contributed by atoms with Gasteiger partial charge >= 0.3 is 0 Å². The first kappa shape index (κ1) is 20.5. The van der Waals surface area contributed by atoms with Gasteiger partial charge < -0.3 is 14.8 Å². The smallest absolute Gasteiger partial charge is 0.170 e. The van der Waals surface area contributed by atoms with Gasteiger partial charge in [-0.25, -0.2) is 0 Å². The Morgan fingerprint density at radius 3 is 2.65 bits per heavy atom. The first-order valence-corrected chi connectivity index (χ1v) is 11.9. The van der Waals surface area contributed by atoms with E-state index >= 15 is 0 Å². The van der Waals surface area contributed by atoms with Gasteiger partial charge in [-0.2, -0.15) is 0 Å². The zero-order chi connectivity index (χ0) is 21.4. The van der Waals surface area contributed by atoms with Gasteiger partial charge in [0.25, 0.3) is 0 Å². The predicted octanol–water partition coefficient (Wildman–Crippen LogP) is 6.14. The molecule has 1 saturated carbocycles. The molecule has 4 nitrogen and oxygen atoms in total. The van der Waals surface area contributed by atoms with E-state index in [1.54, 1.807) is 0 Å². The highest BCUT2D eigenvalue weighted by atomic mass is 35.5. The number of hydrogen-bond donors (Lipinski definition) is 1. The van der Waals surface area contributed by atoms with Crippen LogP contribution >= 0.6 is 23.8 Å². The van der Waals surface area contributed by atoms with Crippen LogP contribution in [0.2, 0.25) is 5.02 Å². The van der Waals surface area contributed by atoms with Crippen molar-refractivity contribution in [1.82, 2.24) is 19.8 Å². The fraction of sp³-hybridized carbons (Fsp3) is 0.360.